The number of benzene rings is 1. The minimum Gasteiger partial charge on any atom is -0.349 e. The number of unbranched alkanes of at least 4 members (excludes halogenated alkanes) is 1. The van der Waals surface area contributed by atoms with Gasteiger partial charge >= 0.3 is 0 Å². The molecule has 6 nitrogen and oxygen atoms in total. The molecule has 1 aliphatic heterocycles. The molecular formula is C23H37N3O3S. The predicted molar refractivity (Wildman–Crippen MR) is 120 cm³/mol. The molecule has 1 amide bonds. The zero-order valence-electron chi connectivity index (χ0n) is 18.5. The molecule has 0 unspecified atom stereocenters. The second-order valence-corrected chi connectivity index (χ2v) is 10.8. The maximum absolute atomic E-state index is 13.1. The number of carbonyl (C=O) groups excluding carboxylic acids is 1. The lowest BCUT2D eigenvalue weighted by atomic mass is 9.96. The van der Waals surface area contributed by atoms with Crippen LogP contribution in [0.5, 0.6) is 0 Å². The summed E-state index contributed by atoms with van der Waals surface area (Å²) in [7, 11) is -1.93. The first-order chi connectivity index (χ1) is 14.4. The minimum atomic E-state index is -3.60. The van der Waals surface area contributed by atoms with Crippen molar-refractivity contribution < 1.29 is 13.2 Å². The first kappa shape index (κ1) is 23.2. The Bertz CT molecular complexity index is 798. The van der Waals surface area contributed by atoms with E-state index in [1.807, 2.05) is 0 Å². The monoisotopic (exact) mass is 435 g/mol. The number of rotatable bonds is 8. The standard InChI is InChI=1S/C23H37N3O3S/c1-3-4-15-26-16-13-20(14-17-26)24-23(27)19-9-8-12-22(18-19)30(28,29)25(2)21-10-6-5-7-11-21/h8-9,12,18,20-21H,3-7,10-11,13-17H2,1-2H3,(H,24,27). The molecule has 7 heteroatoms. The van der Waals surface area contributed by atoms with Crippen molar-refractivity contribution in [1.29, 1.82) is 0 Å². The molecule has 0 bridgehead atoms. The summed E-state index contributed by atoms with van der Waals surface area (Å²) in [6.45, 7) is 5.34. The molecule has 3 rings (SSSR count). The Balaban J connectivity index is 1.61. The molecular weight excluding hydrogens is 398 g/mol. The Labute approximate surface area is 182 Å². The zero-order chi connectivity index (χ0) is 21.6. The van der Waals surface area contributed by atoms with Crippen molar-refractivity contribution in [2.24, 2.45) is 0 Å². The molecule has 0 spiro atoms. The van der Waals surface area contributed by atoms with E-state index >= 15 is 0 Å². The molecule has 168 valence electrons. The molecule has 0 aromatic heterocycles. The fourth-order valence-corrected chi connectivity index (χ4v) is 6.02. The van der Waals surface area contributed by atoms with E-state index in [4.69, 9.17) is 0 Å². The van der Waals surface area contributed by atoms with Crippen molar-refractivity contribution in [3.63, 3.8) is 0 Å². The van der Waals surface area contributed by atoms with Gasteiger partial charge in [0.05, 0.1) is 4.90 Å². The number of amides is 1. The van der Waals surface area contributed by atoms with E-state index in [1.165, 1.54) is 29.6 Å². The summed E-state index contributed by atoms with van der Waals surface area (Å²) in [6, 6.07) is 6.70. The maximum atomic E-state index is 13.1. The van der Waals surface area contributed by atoms with E-state index in [2.05, 4.69) is 17.1 Å². The minimum absolute atomic E-state index is 0.0547. The van der Waals surface area contributed by atoms with Gasteiger partial charge in [-0.05, 0) is 56.8 Å². The van der Waals surface area contributed by atoms with Crippen LogP contribution >= 0.6 is 0 Å². The Morgan fingerprint density at radius 3 is 2.50 bits per heavy atom. The van der Waals surface area contributed by atoms with Gasteiger partial charge in [0, 0.05) is 37.8 Å². The third-order valence-electron chi connectivity index (χ3n) is 6.61. The number of sulfonamides is 1. The zero-order valence-corrected chi connectivity index (χ0v) is 19.3. The number of piperidine rings is 1. The van der Waals surface area contributed by atoms with Crippen molar-refractivity contribution in [2.75, 3.05) is 26.7 Å². The first-order valence-corrected chi connectivity index (χ1v) is 13.0. The highest BCUT2D eigenvalue weighted by Crippen LogP contribution is 2.26. The number of carbonyl (C=O) groups is 1. The van der Waals surface area contributed by atoms with Crippen LogP contribution < -0.4 is 5.32 Å². The van der Waals surface area contributed by atoms with Crippen molar-refractivity contribution in [1.82, 2.24) is 14.5 Å². The molecule has 2 fully saturated rings. The third-order valence-corrected chi connectivity index (χ3v) is 8.52. The van der Waals surface area contributed by atoms with Crippen LogP contribution in [-0.4, -0.2) is 62.3 Å². The molecule has 0 radical (unpaired) electrons. The quantitative estimate of drug-likeness (QED) is 0.677. The van der Waals surface area contributed by atoms with Crippen LogP contribution in [0.2, 0.25) is 0 Å². The van der Waals surface area contributed by atoms with Crippen LogP contribution in [0.4, 0.5) is 0 Å². The van der Waals surface area contributed by atoms with Gasteiger partial charge in [-0.25, -0.2) is 8.42 Å². The number of likely N-dealkylation sites (tertiary alicyclic amines) is 1. The second kappa shape index (κ2) is 10.7. The molecule has 1 heterocycles. The van der Waals surface area contributed by atoms with Gasteiger partial charge in [0.2, 0.25) is 10.0 Å². The van der Waals surface area contributed by atoms with Crippen LogP contribution in [0.15, 0.2) is 29.2 Å². The van der Waals surface area contributed by atoms with Crippen molar-refractivity contribution in [3.8, 4) is 0 Å². The lowest BCUT2D eigenvalue weighted by Gasteiger charge is -2.32. The molecule has 1 aromatic carbocycles. The second-order valence-electron chi connectivity index (χ2n) is 8.78. The summed E-state index contributed by atoms with van der Waals surface area (Å²) in [4.78, 5) is 15.4. The smallest absolute Gasteiger partial charge is 0.251 e. The summed E-state index contributed by atoms with van der Waals surface area (Å²) < 4.78 is 27.7. The highest BCUT2D eigenvalue weighted by molar-refractivity contribution is 7.89. The summed E-state index contributed by atoms with van der Waals surface area (Å²) in [6.07, 6.45) is 9.45. The van der Waals surface area contributed by atoms with Gasteiger partial charge in [-0.2, -0.15) is 4.31 Å². The molecule has 2 aliphatic rings. The van der Waals surface area contributed by atoms with E-state index in [-0.39, 0.29) is 22.9 Å². The Kier molecular flexibility index (Phi) is 8.31. The first-order valence-electron chi connectivity index (χ1n) is 11.5. The van der Waals surface area contributed by atoms with Gasteiger partial charge in [0.1, 0.15) is 0 Å². The van der Waals surface area contributed by atoms with E-state index in [0.717, 1.165) is 58.2 Å². The molecule has 1 saturated carbocycles. The Hall–Kier alpha value is -1.44. The van der Waals surface area contributed by atoms with E-state index < -0.39 is 10.0 Å². The Morgan fingerprint density at radius 2 is 1.83 bits per heavy atom. The molecule has 30 heavy (non-hydrogen) atoms. The van der Waals surface area contributed by atoms with Crippen LogP contribution in [0.25, 0.3) is 0 Å². The van der Waals surface area contributed by atoms with Gasteiger partial charge < -0.3 is 10.2 Å². The predicted octanol–water partition coefficient (Wildman–Crippen LogP) is 3.63. The number of hydrogen-bond acceptors (Lipinski definition) is 4. The van der Waals surface area contributed by atoms with Gasteiger partial charge in [-0.3, -0.25) is 4.79 Å². The maximum Gasteiger partial charge on any atom is 0.251 e. The van der Waals surface area contributed by atoms with Crippen molar-refractivity contribution >= 4 is 15.9 Å². The molecule has 1 aromatic rings. The van der Waals surface area contributed by atoms with Crippen LogP contribution in [-0.2, 0) is 10.0 Å². The van der Waals surface area contributed by atoms with Gasteiger partial charge in [-0.15, -0.1) is 0 Å². The summed E-state index contributed by atoms with van der Waals surface area (Å²) in [5.74, 6) is -0.181. The van der Waals surface area contributed by atoms with Gasteiger partial charge in [0.25, 0.3) is 5.91 Å². The SMILES string of the molecule is CCCCN1CCC(NC(=O)c2cccc(S(=O)(=O)N(C)C3CCCCC3)c2)CC1. The van der Waals surface area contributed by atoms with Gasteiger partial charge in [-0.1, -0.05) is 38.7 Å². The summed E-state index contributed by atoms with van der Waals surface area (Å²) in [5.41, 5.74) is 0.418. The molecule has 1 saturated heterocycles. The lowest BCUT2D eigenvalue weighted by molar-refractivity contribution is 0.0910. The highest BCUT2D eigenvalue weighted by Gasteiger charge is 2.29. The Morgan fingerprint density at radius 1 is 1.13 bits per heavy atom. The normalized spacial score (nSPS) is 19.8. The van der Waals surface area contributed by atoms with Crippen LogP contribution in [0.3, 0.4) is 0 Å². The van der Waals surface area contributed by atoms with Crippen molar-refractivity contribution in [3.05, 3.63) is 29.8 Å². The fourth-order valence-electron chi connectivity index (χ4n) is 4.56. The highest BCUT2D eigenvalue weighted by atomic mass is 32.2. The molecule has 1 aliphatic carbocycles. The average Bonchev–Trinajstić information content (AvgIpc) is 2.78. The van der Waals surface area contributed by atoms with Crippen LogP contribution in [0.1, 0.15) is 75.1 Å². The van der Waals surface area contributed by atoms with Crippen molar-refractivity contribution in [2.45, 2.75) is 81.7 Å². The number of nitrogens with one attached hydrogen (secondary N) is 1. The largest absolute Gasteiger partial charge is 0.349 e. The van der Waals surface area contributed by atoms with E-state index in [9.17, 15) is 13.2 Å². The molecule has 1 N–H and O–H groups in total. The lowest BCUT2D eigenvalue weighted by Crippen LogP contribution is -2.44. The number of hydrogen-bond donors (Lipinski definition) is 1. The van der Waals surface area contributed by atoms with E-state index in [0.29, 0.717) is 5.56 Å². The number of nitrogens with zero attached hydrogens (tertiary/aromatic N) is 2. The topological polar surface area (TPSA) is 69.7 Å². The fraction of sp³-hybridized carbons (Fsp3) is 0.696. The van der Waals surface area contributed by atoms with Gasteiger partial charge in [0.15, 0.2) is 0 Å². The summed E-state index contributed by atoms with van der Waals surface area (Å²) >= 11 is 0. The summed E-state index contributed by atoms with van der Waals surface area (Å²) in [5, 5.41) is 3.11. The molecule has 0 atom stereocenters. The third kappa shape index (κ3) is 5.83. The average molecular weight is 436 g/mol. The van der Waals surface area contributed by atoms with Crippen LogP contribution in [0, 0.1) is 0 Å². The van der Waals surface area contributed by atoms with E-state index in [1.54, 1.807) is 25.2 Å².